The van der Waals surface area contributed by atoms with E-state index in [0.29, 0.717) is 19.4 Å². The van der Waals surface area contributed by atoms with Gasteiger partial charge < -0.3 is 10.6 Å². The van der Waals surface area contributed by atoms with Gasteiger partial charge in [-0.25, -0.2) is 0 Å². The molecule has 0 saturated carbocycles. The minimum absolute atomic E-state index is 0.00920. The summed E-state index contributed by atoms with van der Waals surface area (Å²) in [4.78, 5) is 21.9. The number of carbonyl (C=O) groups is 2. The van der Waals surface area contributed by atoms with E-state index in [0.717, 1.165) is 16.8 Å². The van der Waals surface area contributed by atoms with E-state index in [-0.39, 0.29) is 5.91 Å². The quantitative estimate of drug-likeness (QED) is 0.734. The molecule has 1 aromatic rings. The van der Waals surface area contributed by atoms with E-state index in [2.05, 4.69) is 10.6 Å². The Hall–Kier alpha value is -2.35. The molecule has 1 heterocycles. The number of nitrogens with zero attached hydrogens (tertiary/aromatic N) is 1. The number of carbonyl (C=O) groups excluding carboxylic acids is 2. The van der Waals surface area contributed by atoms with Crippen molar-refractivity contribution in [3.63, 3.8) is 0 Å². The third-order valence-corrected chi connectivity index (χ3v) is 2.60. The molecule has 0 saturated heterocycles. The Kier molecular flexibility index (Phi) is 3.06. The molecule has 5 nitrogen and oxygen atoms in total. The Labute approximate surface area is 98.4 Å². The SMILES string of the molecule is N#CC(=O)NCCc1ccc2c(c1)CC(=O)N2. The summed E-state index contributed by atoms with van der Waals surface area (Å²) in [6.45, 7) is 0.423. The van der Waals surface area contributed by atoms with Gasteiger partial charge in [-0.2, -0.15) is 5.26 Å². The van der Waals surface area contributed by atoms with E-state index in [9.17, 15) is 9.59 Å². The van der Waals surface area contributed by atoms with E-state index in [1.165, 1.54) is 6.07 Å². The molecule has 0 aromatic heterocycles. The topological polar surface area (TPSA) is 82.0 Å². The molecule has 86 valence electrons. The molecule has 1 aromatic carbocycles. The molecule has 2 amide bonds. The predicted octanol–water partition coefficient (Wildman–Crippen LogP) is 0.363. The second-order valence-corrected chi connectivity index (χ2v) is 3.83. The average Bonchev–Trinajstić information content (AvgIpc) is 2.68. The molecule has 17 heavy (non-hydrogen) atoms. The standard InChI is InChI=1S/C12H11N3O2/c13-7-12(17)14-4-3-8-1-2-10-9(5-8)6-11(16)15-10/h1-2,5H,3-4,6H2,(H,14,17)(H,15,16). The second kappa shape index (κ2) is 4.66. The summed E-state index contributed by atoms with van der Waals surface area (Å²) in [5.41, 5.74) is 2.89. The lowest BCUT2D eigenvalue weighted by Crippen LogP contribution is -2.23. The molecule has 0 radical (unpaired) electrons. The van der Waals surface area contributed by atoms with E-state index in [1.54, 1.807) is 0 Å². The fourth-order valence-electron chi connectivity index (χ4n) is 1.80. The van der Waals surface area contributed by atoms with Crippen molar-refractivity contribution in [2.75, 3.05) is 11.9 Å². The van der Waals surface area contributed by atoms with Crippen molar-refractivity contribution in [1.82, 2.24) is 5.32 Å². The van der Waals surface area contributed by atoms with Crippen molar-refractivity contribution in [3.8, 4) is 6.07 Å². The van der Waals surface area contributed by atoms with Crippen LogP contribution < -0.4 is 10.6 Å². The van der Waals surface area contributed by atoms with Crippen molar-refractivity contribution in [3.05, 3.63) is 29.3 Å². The van der Waals surface area contributed by atoms with Crippen LogP contribution in [0.1, 0.15) is 11.1 Å². The largest absolute Gasteiger partial charge is 0.343 e. The summed E-state index contributed by atoms with van der Waals surface area (Å²) in [5.74, 6) is -0.613. The summed E-state index contributed by atoms with van der Waals surface area (Å²) in [5, 5.41) is 13.5. The van der Waals surface area contributed by atoms with Crippen LogP contribution in [0.3, 0.4) is 0 Å². The number of anilines is 1. The minimum atomic E-state index is -0.622. The van der Waals surface area contributed by atoms with Crippen LogP contribution in [0.5, 0.6) is 0 Å². The maximum atomic E-state index is 11.1. The van der Waals surface area contributed by atoms with E-state index in [1.807, 2.05) is 18.2 Å². The van der Waals surface area contributed by atoms with Gasteiger partial charge in [0.1, 0.15) is 0 Å². The van der Waals surface area contributed by atoms with Gasteiger partial charge in [-0.15, -0.1) is 0 Å². The summed E-state index contributed by atoms with van der Waals surface area (Å²) in [7, 11) is 0. The number of nitrogens with one attached hydrogen (secondary N) is 2. The van der Waals surface area contributed by atoms with Crippen LogP contribution in [-0.4, -0.2) is 18.4 Å². The molecular weight excluding hydrogens is 218 g/mol. The van der Waals surface area contributed by atoms with Gasteiger partial charge in [0.2, 0.25) is 5.91 Å². The number of amides is 2. The smallest absolute Gasteiger partial charge is 0.322 e. The van der Waals surface area contributed by atoms with Gasteiger partial charge in [-0.05, 0) is 23.6 Å². The molecule has 1 aliphatic heterocycles. The van der Waals surface area contributed by atoms with Crippen molar-refractivity contribution < 1.29 is 9.59 Å². The van der Waals surface area contributed by atoms with Crippen molar-refractivity contribution in [1.29, 1.82) is 5.26 Å². The van der Waals surface area contributed by atoms with Gasteiger partial charge in [-0.3, -0.25) is 9.59 Å². The zero-order chi connectivity index (χ0) is 12.3. The summed E-state index contributed by atoms with van der Waals surface area (Å²) in [6, 6.07) is 7.21. The fraction of sp³-hybridized carbons (Fsp3) is 0.250. The van der Waals surface area contributed by atoms with Gasteiger partial charge in [0.15, 0.2) is 6.07 Å². The Morgan fingerprint density at radius 1 is 1.53 bits per heavy atom. The molecule has 0 unspecified atom stereocenters. The highest BCUT2D eigenvalue weighted by atomic mass is 16.2. The maximum absolute atomic E-state index is 11.1. The summed E-state index contributed by atoms with van der Waals surface area (Å²) < 4.78 is 0. The van der Waals surface area contributed by atoms with Crippen LogP contribution in [0.2, 0.25) is 0 Å². The van der Waals surface area contributed by atoms with Gasteiger partial charge in [0, 0.05) is 12.2 Å². The Balaban J connectivity index is 1.95. The first-order valence-electron chi connectivity index (χ1n) is 5.28. The van der Waals surface area contributed by atoms with E-state index in [4.69, 9.17) is 5.26 Å². The molecule has 2 N–H and O–H groups in total. The Bertz CT molecular complexity index is 517. The summed E-state index contributed by atoms with van der Waals surface area (Å²) in [6.07, 6.45) is 1.06. The highest BCUT2D eigenvalue weighted by Crippen LogP contribution is 2.23. The minimum Gasteiger partial charge on any atom is -0.343 e. The molecule has 0 bridgehead atoms. The maximum Gasteiger partial charge on any atom is 0.322 e. The number of nitriles is 1. The Morgan fingerprint density at radius 2 is 2.35 bits per heavy atom. The highest BCUT2D eigenvalue weighted by molar-refractivity contribution is 5.99. The fourth-order valence-corrected chi connectivity index (χ4v) is 1.80. The van der Waals surface area contributed by atoms with E-state index >= 15 is 0 Å². The molecule has 0 fully saturated rings. The number of fused-ring (bicyclic) bond motifs is 1. The van der Waals surface area contributed by atoms with Crippen LogP contribution in [0.4, 0.5) is 5.69 Å². The van der Waals surface area contributed by atoms with Gasteiger partial charge in [0.05, 0.1) is 6.42 Å². The lowest BCUT2D eigenvalue weighted by molar-refractivity contribution is -0.116. The highest BCUT2D eigenvalue weighted by Gasteiger charge is 2.17. The van der Waals surface area contributed by atoms with Gasteiger partial charge in [0.25, 0.3) is 0 Å². The molecule has 5 heteroatoms. The lowest BCUT2D eigenvalue weighted by Gasteiger charge is -2.04. The summed E-state index contributed by atoms with van der Waals surface area (Å²) >= 11 is 0. The number of rotatable bonds is 3. The molecule has 1 aliphatic rings. The second-order valence-electron chi connectivity index (χ2n) is 3.83. The van der Waals surface area contributed by atoms with E-state index < -0.39 is 5.91 Å². The monoisotopic (exact) mass is 229 g/mol. The van der Waals surface area contributed by atoms with Gasteiger partial charge >= 0.3 is 5.91 Å². The molecule has 0 spiro atoms. The molecule has 0 aliphatic carbocycles. The van der Waals surface area contributed by atoms with Crippen LogP contribution in [0.25, 0.3) is 0 Å². The predicted molar refractivity (Wildman–Crippen MR) is 61.1 cm³/mol. The first-order valence-corrected chi connectivity index (χ1v) is 5.28. The molecular formula is C12H11N3O2. The number of hydrogen-bond acceptors (Lipinski definition) is 3. The normalized spacial score (nSPS) is 12.5. The van der Waals surface area contributed by atoms with Crippen molar-refractivity contribution in [2.45, 2.75) is 12.8 Å². The Morgan fingerprint density at radius 3 is 3.12 bits per heavy atom. The number of benzene rings is 1. The van der Waals surface area contributed by atoms with Gasteiger partial charge in [-0.1, -0.05) is 12.1 Å². The average molecular weight is 229 g/mol. The van der Waals surface area contributed by atoms with Crippen LogP contribution in [-0.2, 0) is 22.4 Å². The van der Waals surface area contributed by atoms with Crippen LogP contribution in [0, 0.1) is 11.3 Å². The zero-order valence-corrected chi connectivity index (χ0v) is 9.12. The van der Waals surface area contributed by atoms with Crippen molar-refractivity contribution >= 4 is 17.5 Å². The third-order valence-electron chi connectivity index (χ3n) is 2.60. The van der Waals surface area contributed by atoms with Crippen molar-refractivity contribution in [2.24, 2.45) is 0 Å². The number of hydrogen-bond donors (Lipinski definition) is 2. The first-order chi connectivity index (χ1) is 8.19. The molecule has 2 rings (SSSR count). The lowest BCUT2D eigenvalue weighted by atomic mass is 10.1. The third kappa shape index (κ3) is 2.61. The van der Waals surface area contributed by atoms with Crippen LogP contribution >= 0.6 is 0 Å². The first kappa shape index (κ1) is 11.1. The van der Waals surface area contributed by atoms with Crippen LogP contribution in [0.15, 0.2) is 18.2 Å². The zero-order valence-electron chi connectivity index (χ0n) is 9.12. The molecule has 0 atom stereocenters.